The number of aromatic amines is 1. The summed E-state index contributed by atoms with van der Waals surface area (Å²) >= 11 is 0. The van der Waals surface area contributed by atoms with Crippen LogP contribution in [0, 0.1) is 6.92 Å². The molecule has 0 aliphatic heterocycles. The quantitative estimate of drug-likeness (QED) is 0.627. The standard InChI is InChI=1S/C20H20N4O3/c1-13-10-15(27-2)8-9-16(13)19(25)22-18-11-17(23-24-18)20(26)21-12-14-6-4-3-5-7-14/h3-11H,12H2,1-2H3,(H,21,26)(H2,22,23,24,25). The Labute approximate surface area is 156 Å². The zero-order valence-corrected chi connectivity index (χ0v) is 15.1. The van der Waals surface area contributed by atoms with Gasteiger partial charge >= 0.3 is 0 Å². The Hall–Kier alpha value is -3.61. The summed E-state index contributed by atoms with van der Waals surface area (Å²) in [7, 11) is 1.57. The number of rotatable bonds is 6. The van der Waals surface area contributed by atoms with E-state index in [4.69, 9.17) is 4.74 Å². The maximum absolute atomic E-state index is 12.4. The summed E-state index contributed by atoms with van der Waals surface area (Å²) in [5.41, 5.74) is 2.55. The van der Waals surface area contributed by atoms with E-state index >= 15 is 0 Å². The molecule has 0 atom stereocenters. The number of methoxy groups -OCH3 is 1. The van der Waals surface area contributed by atoms with Crippen molar-refractivity contribution in [2.75, 3.05) is 12.4 Å². The molecule has 0 radical (unpaired) electrons. The zero-order chi connectivity index (χ0) is 19.2. The van der Waals surface area contributed by atoms with Crippen molar-refractivity contribution in [1.82, 2.24) is 15.5 Å². The molecule has 2 aromatic carbocycles. The fourth-order valence-corrected chi connectivity index (χ4v) is 2.58. The van der Waals surface area contributed by atoms with Gasteiger partial charge in [0.05, 0.1) is 7.11 Å². The number of carbonyl (C=O) groups excluding carboxylic acids is 2. The maximum atomic E-state index is 12.4. The van der Waals surface area contributed by atoms with E-state index in [9.17, 15) is 9.59 Å². The molecule has 1 aromatic heterocycles. The van der Waals surface area contributed by atoms with Crippen LogP contribution in [0.2, 0.25) is 0 Å². The van der Waals surface area contributed by atoms with E-state index in [1.54, 1.807) is 25.3 Å². The van der Waals surface area contributed by atoms with Gasteiger partial charge in [0.1, 0.15) is 11.4 Å². The highest BCUT2D eigenvalue weighted by atomic mass is 16.5. The average Bonchev–Trinajstić information content (AvgIpc) is 3.15. The lowest BCUT2D eigenvalue weighted by Crippen LogP contribution is -2.23. The lowest BCUT2D eigenvalue weighted by atomic mass is 10.1. The number of aryl methyl sites for hydroxylation is 1. The molecular formula is C20H20N4O3. The number of nitrogens with zero attached hydrogens (tertiary/aromatic N) is 1. The lowest BCUT2D eigenvalue weighted by molar-refractivity contribution is 0.0945. The van der Waals surface area contributed by atoms with Gasteiger partial charge in [0.2, 0.25) is 0 Å². The van der Waals surface area contributed by atoms with Crippen LogP contribution in [0.5, 0.6) is 5.75 Å². The van der Waals surface area contributed by atoms with E-state index < -0.39 is 0 Å². The van der Waals surface area contributed by atoms with Crippen LogP contribution in [0.3, 0.4) is 0 Å². The maximum Gasteiger partial charge on any atom is 0.269 e. The first-order valence-electron chi connectivity index (χ1n) is 8.40. The van der Waals surface area contributed by atoms with Crippen LogP contribution in [0.25, 0.3) is 0 Å². The molecule has 1 heterocycles. The van der Waals surface area contributed by atoms with Gasteiger partial charge in [-0.3, -0.25) is 14.7 Å². The molecule has 0 saturated carbocycles. The van der Waals surface area contributed by atoms with Gasteiger partial charge < -0.3 is 15.4 Å². The van der Waals surface area contributed by atoms with Crippen LogP contribution in [0.1, 0.15) is 32.0 Å². The van der Waals surface area contributed by atoms with Crippen molar-refractivity contribution in [2.24, 2.45) is 0 Å². The molecule has 0 unspecified atom stereocenters. The molecule has 138 valence electrons. The molecule has 2 amide bonds. The molecule has 0 spiro atoms. The van der Waals surface area contributed by atoms with Crippen molar-refractivity contribution in [2.45, 2.75) is 13.5 Å². The highest BCUT2D eigenvalue weighted by Gasteiger charge is 2.14. The third-order valence-corrected chi connectivity index (χ3v) is 4.04. The third kappa shape index (κ3) is 4.52. The molecular weight excluding hydrogens is 344 g/mol. The van der Waals surface area contributed by atoms with Crippen LogP contribution in [-0.4, -0.2) is 29.1 Å². The number of benzene rings is 2. The van der Waals surface area contributed by atoms with E-state index in [0.717, 1.165) is 11.1 Å². The van der Waals surface area contributed by atoms with Crippen molar-refractivity contribution >= 4 is 17.6 Å². The molecule has 0 fully saturated rings. The van der Waals surface area contributed by atoms with Crippen molar-refractivity contribution < 1.29 is 14.3 Å². The Morgan fingerprint density at radius 1 is 1.07 bits per heavy atom. The third-order valence-electron chi connectivity index (χ3n) is 4.04. The summed E-state index contributed by atoms with van der Waals surface area (Å²) in [6, 6.07) is 16.3. The highest BCUT2D eigenvalue weighted by Crippen LogP contribution is 2.18. The van der Waals surface area contributed by atoms with Crippen molar-refractivity contribution in [1.29, 1.82) is 0 Å². The average molecular weight is 364 g/mol. The van der Waals surface area contributed by atoms with Crippen molar-refractivity contribution in [3.05, 3.63) is 77.0 Å². The number of carbonyl (C=O) groups is 2. The van der Waals surface area contributed by atoms with Gasteiger partial charge in [-0.2, -0.15) is 5.10 Å². The zero-order valence-electron chi connectivity index (χ0n) is 15.1. The number of aromatic nitrogens is 2. The van der Waals surface area contributed by atoms with E-state index in [1.807, 2.05) is 37.3 Å². The smallest absolute Gasteiger partial charge is 0.269 e. The Morgan fingerprint density at radius 2 is 1.85 bits per heavy atom. The predicted molar refractivity (Wildman–Crippen MR) is 102 cm³/mol. The summed E-state index contributed by atoms with van der Waals surface area (Å²) in [6.07, 6.45) is 0. The number of hydrogen-bond donors (Lipinski definition) is 3. The fraction of sp³-hybridized carbons (Fsp3) is 0.150. The first-order chi connectivity index (χ1) is 13.1. The minimum absolute atomic E-state index is 0.271. The second kappa shape index (κ2) is 8.18. The van der Waals surface area contributed by atoms with E-state index in [1.165, 1.54) is 6.07 Å². The normalized spacial score (nSPS) is 10.3. The largest absolute Gasteiger partial charge is 0.497 e. The van der Waals surface area contributed by atoms with Gasteiger partial charge in [-0.25, -0.2) is 0 Å². The molecule has 3 rings (SSSR count). The highest BCUT2D eigenvalue weighted by molar-refractivity contribution is 6.05. The molecule has 7 heteroatoms. The molecule has 0 aliphatic carbocycles. The van der Waals surface area contributed by atoms with Crippen LogP contribution in [0.15, 0.2) is 54.6 Å². The summed E-state index contributed by atoms with van der Waals surface area (Å²) in [5, 5.41) is 12.1. The van der Waals surface area contributed by atoms with Gasteiger partial charge in [0, 0.05) is 18.2 Å². The number of amides is 2. The Kier molecular flexibility index (Phi) is 5.51. The van der Waals surface area contributed by atoms with E-state index in [2.05, 4.69) is 20.8 Å². The molecule has 3 N–H and O–H groups in total. The van der Waals surface area contributed by atoms with Crippen LogP contribution in [-0.2, 0) is 6.54 Å². The number of anilines is 1. The minimum atomic E-state index is -0.308. The second-order valence-corrected chi connectivity index (χ2v) is 5.97. The van der Waals surface area contributed by atoms with Crippen LogP contribution < -0.4 is 15.4 Å². The van der Waals surface area contributed by atoms with Crippen molar-refractivity contribution in [3.63, 3.8) is 0 Å². The topological polar surface area (TPSA) is 96.1 Å². The van der Waals surface area contributed by atoms with Gasteiger partial charge in [-0.1, -0.05) is 30.3 Å². The molecule has 0 bridgehead atoms. The summed E-state index contributed by atoms with van der Waals surface area (Å²) in [5.74, 6) is 0.353. The first-order valence-corrected chi connectivity index (χ1v) is 8.40. The molecule has 0 saturated heterocycles. The Morgan fingerprint density at radius 3 is 2.56 bits per heavy atom. The first kappa shape index (κ1) is 18.2. The Balaban J connectivity index is 1.61. The Bertz CT molecular complexity index is 951. The van der Waals surface area contributed by atoms with E-state index in [-0.39, 0.29) is 23.3 Å². The minimum Gasteiger partial charge on any atom is -0.497 e. The number of H-pyrrole nitrogens is 1. The molecule has 7 nitrogen and oxygen atoms in total. The van der Waals surface area contributed by atoms with Gasteiger partial charge in [0.25, 0.3) is 11.8 Å². The van der Waals surface area contributed by atoms with Crippen molar-refractivity contribution in [3.8, 4) is 5.75 Å². The summed E-state index contributed by atoms with van der Waals surface area (Å²) in [6.45, 7) is 2.23. The van der Waals surface area contributed by atoms with Crippen LogP contribution in [0.4, 0.5) is 5.82 Å². The van der Waals surface area contributed by atoms with Crippen LogP contribution >= 0.6 is 0 Å². The molecule has 3 aromatic rings. The number of hydrogen-bond acceptors (Lipinski definition) is 4. The summed E-state index contributed by atoms with van der Waals surface area (Å²) < 4.78 is 5.14. The molecule has 0 aliphatic rings. The predicted octanol–water partition coefficient (Wildman–Crippen LogP) is 2.91. The fourth-order valence-electron chi connectivity index (χ4n) is 2.58. The summed E-state index contributed by atoms with van der Waals surface area (Å²) in [4.78, 5) is 24.6. The number of ether oxygens (including phenoxy) is 1. The second-order valence-electron chi connectivity index (χ2n) is 5.97. The monoisotopic (exact) mass is 364 g/mol. The molecule has 27 heavy (non-hydrogen) atoms. The van der Waals surface area contributed by atoms with E-state index in [0.29, 0.717) is 17.9 Å². The number of nitrogens with one attached hydrogen (secondary N) is 3. The lowest BCUT2D eigenvalue weighted by Gasteiger charge is -2.07. The van der Waals surface area contributed by atoms with Gasteiger partial charge in [-0.05, 0) is 36.2 Å². The van der Waals surface area contributed by atoms with Gasteiger partial charge in [0.15, 0.2) is 5.82 Å². The SMILES string of the molecule is COc1ccc(C(=O)Nc2cc(C(=O)NCc3ccccc3)[nH]n2)c(C)c1. The van der Waals surface area contributed by atoms with Gasteiger partial charge in [-0.15, -0.1) is 0 Å².